The van der Waals surface area contributed by atoms with Gasteiger partial charge < -0.3 is 9.88 Å². The van der Waals surface area contributed by atoms with Crippen molar-refractivity contribution in [1.29, 1.82) is 0 Å². The van der Waals surface area contributed by atoms with Crippen LogP contribution in [0.5, 0.6) is 0 Å². The minimum absolute atomic E-state index is 0.0901. The first-order valence-corrected chi connectivity index (χ1v) is 8.28. The van der Waals surface area contributed by atoms with Crippen molar-refractivity contribution in [1.82, 2.24) is 25.0 Å². The van der Waals surface area contributed by atoms with Gasteiger partial charge in [-0.3, -0.25) is 9.69 Å². The summed E-state index contributed by atoms with van der Waals surface area (Å²) in [6.45, 7) is 3.07. The van der Waals surface area contributed by atoms with Crippen molar-refractivity contribution < 1.29 is 9.59 Å². The molecule has 0 atom stereocenters. The fourth-order valence-electron chi connectivity index (χ4n) is 2.33. The molecule has 0 bridgehead atoms. The summed E-state index contributed by atoms with van der Waals surface area (Å²) in [5.74, 6) is 1.25. The standard InChI is InChI=1S/C15H17N5O2S/c1-11-17-18-15(20(11)10-12-5-3-2-4-6-12)23-8-7-19-13(21)9-16-14(19)22/h2-6H,7-10H2,1H3,(H,16,22). The van der Waals surface area contributed by atoms with E-state index in [4.69, 9.17) is 0 Å². The summed E-state index contributed by atoms with van der Waals surface area (Å²) in [5, 5.41) is 11.6. The van der Waals surface area contributed by atoms with Crippen LogP contribution < -0.4 is 5.32 Å². The van der Waals surface area contributed by atoms with E-state index in [-0.39, 0.29) is 18.5 Å². The SMILES string of the molecule is Cc1nnc(SCCN2C(=O)CNC2=O)n1Cc1ccccc1. The van der Waals surface area contributed by atoms with Gasteiger partial charge in [0.2, 0.25) is 5.91 Å². The molecule has 0 spiro atoms. The zero-order chi connectivity index (χ0) is 16.2. The molecular formula is C15H17N5O2S. The Morgan fingerprint density at radius 3 is 2.70 bits per heavy atom. The van der Waals surface area contributed by atoms with Crippen LogP contribution in [0.15, 0.2) is 35.5 Å². The van der Waals surface area contributed by atoms with Gasteiger partial charge >= 0.3 is 6.03 Å². The van der Waals surface area contributed by atoms with Crippen LogP contribution in [0.2, 0.25) is 0 Å². The predicted molar refractivity (Wildman–Crippen MR) is 86.1 cm³/mol. The van der Waals surface area contributed by atoms with E-state index in [2.05, 4.69) is 27.6 Å². The van der Waals surface area contributed by atoms with E-state index in [9.17, 15) is 9.59 Å². The third kappa shape index (κ3) is 3.53. The number of aromatic nitrogens is 3. The molecule has 0 saturated carbocycles. The highest BCUT2D eigenvalue weighted by Crippen LogP contribution is 2.19. The average molecular weight is 331 g/mol. The van der Waals surface area contributed by atoms with E-state index in [1.165, 1.54) is 22.2 Å². The zero-order valence-electron chi connectivity index (χ0n) is 12.7. The Hall–Kier alpha value is -2.35. The van der Waals surface area contributed by atoms with Gasteiger partial charge in [0.25, 0.3) is 0 Å². The van der Waals surface area contributed by atoms with Crippen LogP contribution in [0, 0.1) is 6.92 Å². The Bertz CT molecular complexity index is 700. The molecule has 2 aromatic rings. The molecule has 0 unspecified atom stereocenters. The van der Waals surface area contributed by atoms with Gasteiger partial charge in [-0.2, -0.15) is 0 Å². The fourth-order valence-corrected chi connectivity index (χ4v) is 3.23. The maximum Gasteiger partial charge on any atom is 0.324 e. The number of amides is 3. The molecule has 3 amide bonds. The molecule has 120 valence electrons. The molecule has 1 aromatic heterocycles. The second-order valence-corrected chi connectivity index (χ2v) is 6.22. The van der Waals surface area contributed by atoms with Gasteiger partial charge in [-0.25, -0.2) is 4.79 Å². The van der Waals surface area contributed by atoms with Crippen LogP contribution in [0.4, 0.5) is 4.79 Å². The van der Waals surface area contributed by atoms with Crippen LogP contribution in [0.25, 0.3) is 0 Å². The lowest BCUT2D eigenvalue weighted by atomic mass is 10.2. The quantitative estimate of drug-likeness (QED) is 0.637. The Morgan fingerprint density at radius 2 is 2.00 bits per heavy atom. The van der Waals surface area contributed by atoms with Crippen LogP contribution >= 0.6 is 11.8 Å². The van der Waals surface area contributed by atoms with Gasteiger partial charge in [-0.05, 0) is 12.5 Å². The molecule has 1 aliphatic heterocycles. The number of carbonyl (C=O) groups excluding carboxylic acids is 2. The average Bonchev–Trinajstić information content (AvgIpc) is 3.06. The number of hydrogen-bond donors (Lipinski definition) is 1. The maximum absolute atomic E-state index is 11.5. The Kier molecular flexibility index (Phi) is 4.61. The minimum Gasteiger partial charge on any atom is -0.329 e. The molecule has 0 radical (unpaired) electrons. The van der Waals surface area contributed by atoms with E-state index in [0.29, 0.717) is 18.8 Å². The molecule has 1 aliphatic rings. The number of benzene rings is 1. The van der Waals surface area contributed by atoms with E-state index < -0.39 is 0 Å². The lowest BCUT2D eigenvalue weighted by Crippen LogP contribution is -2.32. The van der Waals surface area contributed by atoms with Crippen LogP contribution in [0.1, 0.15) is 11.4 Å². The topological polar surface area (TPSA) is 80.1 Å². The molecule has 1 fully saturated rings. The van der Waals surface area contributed by atoms with Crippen molar-refractivity contribution in [3.05, 3.63) is 41.7 Å². The first-order chi connectivity index (χ1) is 11.1. The van der Waals surface area contributed by atoms with Crippen LogP contribution in [-0.4, -0.2) is 50.4 Å². The molecule has 3 rings (SSSR count). The molecule has 7 nitrogen and oxygen atoms in total. The summed E-state index contributed by atoms with van der Waals surface area (Å²) in [4.78, 5) is 24.3. The number of hydrogen-bond acceptors (Lipinski definition) is 5. The number of nitrogens with one attached hydrogen (secondary N) is 1. The van der Waals surface area contributed by atoms with Crippen LogP contribution in [0.3, 0.4) is 0 Å². The first kappa shape index (κ1) is 15.5. The van der Waals surface area contributed by atoms with Gasteiger partial charge in [-0.15, -0.1) is 10.2 Å². The summed E-state index contributed by atoms with van der Waals surface area (Å²) in [7, 11) is 0. The largest absolute Gasteiger partial charge is 0.329 e. The van der Waals surface area contributed by atoms with Crippen LogP contribution in [-0.2, 0) is 11.3 Å². The van der Waals surface area contributed by atoms with Gasteiger partial charge in [0.1, 0.15) is 5.82 Å². The second kappa shape index (κ2) is 6.82. The molecule has 0 aliphatic carbocycles. The predicted octanol–water partition coefficient (Wildman–Crippen LogP) is 1.28. The third-order valence-corrected chi connectivity index (χ3v) is 4.52. The minimum atomic E-state index is -0.322. The lowest BCUT2D eigenvalue weighted by molar-refractivity contribution is -0.124. The molecule has 1 aromatic carbocycles. The zero-order valence-corrected chi connectivity index (χ0v) is 13.5. The highest BCUT2D eigenvalue weighted by Gasteiger charge is 2.27. The van der Waals surface area contributed by atoms with Crippen molar-refractivity contribution in [2.24, 2.45) is 0 Å². The first-order valence-electron chi connectivity index (χ1n) is 7.30. The number of urea groups is 1. The summed E-state index contributed by atoms with van der Waals surface area (Å²) >= 11 is 1.49. The number of rotatable bonds is 6. The van der Waals surface area contributed by atoms with E-state index in [0.717, 1.165) is 11.0 Å². The highest BCUT2D eigenvalue weighted by atomic mass is 32.2. The molecule has 1 saturated heterocycles. The van der Waals surface area contributed by atoms with E-state index in [1.807, 2.05) is 29.7 Å². The van der Waals surface area contributed by atoms with Gasteiger partial charge in [0.05, 0.1) is 13.1 Å². The third-order valence-electron chi connectivity index (χ3n) is 3.57. The fraction of sp³-hybridized carbons (Fsp3) is 0.333. The normalized spacial score (nSPS) is 14.4. The van der Waals surface area contributed by atoms with Gasteiger partial charge in [-0.1, -0.05) is 42.1 Å². The second-order valence-electron chi connectivity index (χ2n) is 5.15. The number of imide groups is 1. The van der Waals surface area contributed by atoms with Crippen molar-refractivity contribution in [2.45, 2.75) is 18.6 Å². The van der Waals surface area contributed by atoms with Gasteiger partial charge in [0, 0.05) is 12.3 Å². The monoisotopic (exact) mass is 331 g/mol. The lowest BCUT2D eigenvalue weighted by Gasteiger charge is -2.12. The highest BCUT2D eigenvalue weighted by molar-refractivity contribution is 7.99. The number of aryl methyl sites for hydroxylation is 1. The van der Waals surface area contributed by atoms with Crippen molar-refractivity contribution in [2.75, 3.05) is 18.8 Å². The molecule has 23 heavy (non-hydrogen) atoms. The smallest absolute Gasteiger partial charge is 0.324 e. The Balaban J connectivity index is 1.62. The number of carbonyl (C=O) groups is 2. The van der Waals surface area contributed by atoms with E-state index >= 15 is 0 Å². The van der Waals surface area contributed by atoms with Crippen molar-refractivity contribution >= 4 is 23.7 Å². The molecule has 1 N–H and O–H groups in total. The molecule has 2 heterocycles. The Labute approximate surface area is 138 Å². The summed E-state index contributed by atoms with van der Waals surface area (Å²) in [6.07, 6.45) is 0. The molecule has 8 heteroatoms. The van der Waals surface area contributed by atoms with Gasteiger partial charge in [0.15, 0.2) is 5.16 Å². The summed E-state index contributed by atoms with van der Waals surface area (Å²) in [6, 6.07) is 9.77. The number of nitrogens with zero attached hydrogens (tertiary/aromatic N) is 4. The summed E-state index contributed by atoms with van der Waals surface area (Å²) in [5.41, 5.74) is 1.17. The van der Waals surface area contributed by atoms with Crippen molar-refractivity contribution in [3.8, 4) is 0 Å². The molecular weight excluding hydrogens is 314 g/mol. The van der Waals surface area contributed by atoms with Crippen molar-refractivity contribution in [3.63, 3.8) is 0 Å². The van der Waals surface area contributed by atoms with E-state index in [1.54, 1.807) is 0 Å². The Morgan fingerprint density at radius 1 is 1.22 bits per heavy atom. The number of thioether (sulfide) groups is 1. The summed E-state index contributed by atoms with van der Waals surface area (Å²) < 4.78 is 2.03. The maximum atomic E-state index is 11.5.